The molecule has 0 saturated carbocycles. The normalized spacial score (nSPS) is 27.1. The van der Waals surface area contributed by atoms with Crippen LogP contribution in [0.25, 0.3) is 0 Å². The van der Waals surface area contributed by atoms with Crippen molar-refractivity contribution in [3.63, 3.8) is 0 Å². The molecule has 2 aliphatic heterocycles. The van der Waals surface area contributed by atoms with E-state index in [0.717, 1.165) is 36.0 Å². The molecule has 2 bridgehead atoms. The molecule has 0 aromatic heterocycles. The van der Waals surface area contributed by atoms with Crippen molar-refractivity contribution < 1.29 is 29.0 Å². The van der Waals surface area contributed by atoms with Crippen molar-refractivity contribution in [2.24, 2.45) is 0 Å². The first-order valence-corrected chi connectivity index (χ1v) is 12.3. The third kappa shape index (κ3) is 6.78. The van der Waals surface area contributed by atoms with Crippen molar-refractivity contribution in [1.82, 2.24) is 4.90 Å². The van der Waals surface area contributed by atoms with Crippen LogP contribution in [0.15, 0.2) is 30.3 Å². The second-order valence-electron chi connectivity index (χ2n) is 9.71. The first-order valence-electron chi connectivity index (χ1n) is 12.3. The highest BCUT2D eigenvalue weighted by Gasteiger charge is 2.53. The van der Waals surface area contributed by atoms with Gasteiger partial charge in [0.05, 0.1) is 37.7 Å². The third-order valence-electron chi connectivity index (χ3n) is 7.79. The molecule has 3 unspecified atom stereocenters. The van der Waals surface area contributed by atoms with E-state index < -0.39 is 11.9 Å². The topological polar surface area (TPSA) is 89.9 Å². The van der Waals surface area contributed by atoms with Crippen molar-refractivity contribution >= 4 is 11.9 Å². The van der Waals surface area contributed by atoms with Crippen molar-refractivity contribution in [3.05, 3.63) is 35.9 Å². The fourth-order valence-electron chi connectivity index (χ4n) is 5.45. The summed E-state index contributed by atoms with van der Waals surface area (Å²) in [5.41, 5.74) is 0.826. The molecular weight excluding hydrogens is 420 g/mol. The van der Waals surface area contributed by atoms with Gasteiger partial charge >= 0.3 is 5.97 Å². The number of carboxylic acids is 1. The number of aliphatic hydroxyl groups is 1. The van der Waals surface area contributed by atoms with E-state index in [4.69, 9.17) is 4.74 Å². The molecule has 33 heavy (non-hydrogen) atoms. The number of aliphatic hydroxyl groups excluding tert-OH is 1. The van der Waals surface area contributed by atoms with Gasteiger partial charge in [-0.2, -0.15) is 0 Å². The van der Waals surface area contributed by atoms with Crippen molar-refractivity contribution in [2.45, 2.75) is 83.5 Å². The second kappa shape index (κ2) is 12.5. The predicted molar refractivity (Wildman–Crippen MR) is 126 cm³/mol. The monoisotopic (exact) mass is 462 g/mol. The number of rotatable bonds is 9. The average molecular weight is 463 g/mol. The highest BCUT2D eigenvalue weighted by atomic mass is 16.5. The molecule has 0 spiro atoms. The van der Waals surface area contributed by atoms with Crippen molar-refractivity contribution in [1.29, 1.82) is 0 Å². The molecule has 2 fully saturated rings. The molecule has 1 aromatic rings. The summed E-state index contributed by atoms with van der Waals surface area (Å²) in [6, 6.07) is 11.2. The smallest absolute Gasteiger partial charge is 0.316 e. The lowest BCUT2D eigenvalue weighted by Crippen LogP contribution is -2.62. The van der Waals surface area contributed by atoms with Crippen LogP contribution < -0.4 is 5.11 Å². The first-order chi connectivity index (χ1) is 15.7. The van der Waals surface area contributed by atoms with Crippen LogP contribution in [0.1, 0.15) is 64.9 Å². The fourth-order valence-corrected chi connectivity index (χ4v) is 5.45. The van der Waals surface area contributed by atoms with Crippen LogP contribution >= 0.6 is 0 Å². The molecular formula is C26H42N2O5. The number of nitrogens with zero attached hydrogens (tertiary/aromatic N) is 2. The van der Waals surface area contributed by atoms with Gasteiger partial charge in [0.2, 0.25) is 0 Å². The maximum absolute atomic E-state index is 12.6. The van der Waals surface area contributed by atoms with Crippen LogP contribution in [-0.4, -0.2) is 83.9 Å². The summed E-state index contributed by atoms with van der Waals surface area (Å²) in [5, 5.41) is 19.6. The summed E-state index contributed by atoms with van der Waals surface area (Å²) >= 11 is 0. The zero-order valence-corrected chi connectivity index (χ0v) is 20.9. The Bertz CT molecular complexity index is 736. The zero-order chi connectivity index (χ0) is 24.6. The number of carbonyl (C=O) groups excluding carboxylic acids is 2. The number of benzene rings is 1. The van der Waals surface area contributed by atoms with Crippen LogP contribution in [0.4, 0.5) is 0 Å². The SMILES string of the molecule is CC(C)[N+]1(C)C2CCC1CC(OC(=O)C(CO)c1ccccc1)C2.CCN(CC)CC(=O)[O-]. The summed E-state index contributed by atoms with van der Waals surface area (Å²) in [7, 11) is 2.37. The summed E-state index contributed by atoms with van der Waals surface area (Å²) < 4.78 is 6.96. The molecule has 0 radical (unpaired) electrons. The molecule has 3 rings (SSSR count). The lowest BCUT2D eigenvalue weighted by molar-refractivity contribution is -0.968. The van der Waals surface area contributed by atoms with E-state index in [1.807, 2.05) is 44.2 Å². The fraction of sp³-hybridized carbons (Fsp3) is 0.692. The predicted octanol–water partition coefficient (Wildman–Crippen LogP) is 1.93. The quantitative estimate of drug-likeness (QED) is 0.446. The highest BCUT2D eigenvalue weighted by Crippen LogP contribution is 2.44. The maximum atomic E-state index is 12.6. The van der Waals surface area contributed by atoms with Crippen molar-refractivity contribution in [2.75, 3.05) is 33.3 Å². The van der Waals surface area contributed by atoms with E-state index in [2.05, 4.69) is 20.9 Å². The Morgan fingerprint density at radius 1 is 1.12 bits per heavy atom. The number of ether oxygens (including phenoxy) is 1. The van der Waals surface area contributed by atoms with Gasteiger partial charge in [0, 0.05) is 32.2 Å². The summed E-state index contributed by atoms with van der Waals surface area (Å²) in [6.45, 7) is 9.83. The van der Waals surface area contributed by atoms with Gasteiger partial charge in [0.15, 0.2) is 0 Å². The number of likely N-dealkylation sites (N-methyl/N-ethyl adjacent to an activating group) is 1. The minimum absolute atomic E-state index is 0.00212. The third-order valence-corrected chi connectivity index (χ3v) is 7.79. The molecule has 1 N–H and O–H groups in total. The molecule has 0 aliphatic carbocycles. The molecule has 0 amide bonds. The van der Waals surface area contributed by atoms with E-state index in [0.29, 0.717) is 18.1 Å². The molecule has 186 valence electrons. The Kier molecular flexibility index (Phi) is 10.3. The van der Waals surface area contributed by atoms with Crippen LogP contribution in [0, 0.1) is 0 Å². The minimum atomic E-state index is -1.00. The van der Waals surface area contributed by atoms with E-state index in [1.165, 1.54) is 12.8 Å². The minimum Gasteiger partial charge on any atom is -0.549 e. The Morgan fingerprint density at radius 3 is 2.06 bits per heavy atom. The van der Waals surface area contributed by atoms with Gasteiger partial charge in [0.25, 0.3) is 0 Å². The van der Waals surface area contributed by atoms with E-state index in [-0.39, 0.29) is 25.2 Å². The standard InChI is InChI=1S/C20H30NO3.C6H13NO2/c1-14(2)21(3)16-9-10-17(21)12-18(11-16)24-20(23)19(13-22)15-7-5-4-6-8-15;1-3-7(4-2)5-6(8)9/h4-8,14,16-19,22H,9-13H2,1-3H3;3-5H2,1-2H3,(H,8,9)/q+1;/p-1. The molecule has 7 heteroatoms. The number of carbonyl (C=O) groups is 2. The summed E-state index contributed by atoms with van der Waals surface area (Å²) in [4.78, 5) is 24.3. The Hall–Kier alpha value is -1.96. The van der Waals surface area contributed by atoms with Crippen LogP contribution in [0.3, 0.4) is 0 Å². The number of quaternary nitrogens is 1. The van der Waals surface area contributed by atoms with Crippen LogP contribution in [0.2, 0.25) is 0 Å². The number of aliphatic carboxylic acids is 1. The first kappa shape index (κ1) is 27.3. The largest absolute Gasteiger partial charge is 0.549 e. The molecule has 2 heterocycles. The second-order valence-corrected chi connectivity index (χ2v) is 9.71. The Morgan fingerprint density at radius 2 is 1.67 bits per heavy atom. The molecule has 2 aliphatic rings. The number of hydrogen-bond donors (Lipinski definition) is 1. The van der Waals surface area contributed by atoms with Gasteiger partial charge in [-0.15, -0.1) is 0 Å². The summed E-state index contributed by atoms with van der Waals surface area (Å²) in [6.07, 6.45) is 4.36. The highest BCUT2D eigenvalue weighted by molar-refractivity contribution is 5.78. The van der Waals surface area contributed by atoms with Gasteiger partial charge in [-0.3, -0.25) is 9.69 Å². The lowest BCUT2D eigenvalue weighted by atomic mass is 9.94. The maximum Gasteiger partial charge on any atom is 0.316 e. The molecule has 2 saturated heterocycles. The van der Waals surface area contributed by atoms with Crippen LogP contribution in [0.5, 0.6) is 0 Å². The van der Waals surface area contributed by atoms with Gasteiger partial charge in [-0.05, 0) is 32.5 Å². The summed E-state index contributed by atoms with van der Waals surface area (Å²) in [5.74, 6) is -1.86. The Balaban J connectivity index is 0.000000365. The number of hydrogen-bond acceptors (Lipinski definition) is 6. The number of carboxylic acid groups (broad SMARTS) is 1. The van der Waals surface area contributed by atoms with E-state index >= 15 is 0 Å². The molecule has 7 nitrogen and oxygen atoms in total. The van der Waals surface area contributed by atoms with Gasteiger partial charge in [0.1, 0.15) is 12.0 Å². The zero-order valence-electron chi connectivity index (χ0n) is 20.9. The molecule has 3 atom stereocenters. The number of piperidine rings is 1. The van der Waals surface area contributed by atoms with Gasteiger partial charge in [-0.25, -0.2) is 0 Å². The van der Waals surface area contributed by atoms with Gasteiger partial charge < -0.3 is 24.2 Å². The number of fused-ring (bicyclic) bond motifs is 2. The van der Waals surface area contributed by atoms with Gasteiger partial charge in [-0.1, -0.05) is 44.2 Å². The van der Waals surface area contributed by atoms with Crippen LogP contribution in [-0.2, 0) is 14.3 Å². The van der Waals surface area contributed by atoms with E-state index in [9.17, 15) is 19.8 Å². The average Bonchev–Trinajstić information content (AvgIpc) is 2.96. The lowest BCUT2D eigenvalue weighted by Gasteiger charge is -2.49. The number of esters is 1. The van der Waals surface area contributed by atoms with Crippen molar-refractivity contribution in [3.8, 4) is 0 Å². The Labute approximate surface area is 198 Å². The molecule has 1 aromatic carbocycles. The van der Waals surface area contributed by atoms with E-state index in [1.54, 1.807) is 4.90 Å².